The topological polar surface area (TPSA) is 85.0 Å². The Labute approximate surface area is 117 Å². The zero-order chi connectivity index (χ0) is 14.5. The second-order valence-corrected chi connectivity index (χ2v) is 4.64. The van der Waals surface area contributed by atoms with Crippen LogP contribution in [0.3, 0.4) is 0 Å². The van der Waals surface area contributed by atoms with Crippen molar-refractivity contribution in [3.63, 3.8) is 0 Å². The van der Waals surface area contributed by atoms with Crippen molar-refractivity contribution < 1.29 is 9.90 Å². The highest BCUT2D eigenvalue weighted by atomic mass is 16.3. The number of carbonyl (C=O) groups is 1. The van der Waals surface area contributed by atoms with Crippen molar-refractivity contribution in [3.8, 4) is 0 Å². The summed E-state index contributed by atoms with van der Waals surface area (Å²) in [6.45, 7) is 4.90. The van der Waals surface area contributed by atoms with Gasteiger partial charge in [-0.2, -0.15) is 10.2 Å². The number of amides is 1. The Morgan fingerprint density at radius 2 is 2.20 bits per heavy atom. The number of aliphatic hydroxyl groups excluding tert-OH is 1. The fraction of sp³-hybridized carbons (Fsp3) is 0.462. The molecule has 0 saturated heterocycles. The molecule has 1 amide bonds. The van der Waals surface area contributed by atoms with Crippen LogP contribution >= 0.6 is 0 Å². The summed E-state index contributed by atoms with van der Waals surface area (Å²) in [5, 5.41) is 19.9. The molecule has 0 bridgehead atoms. The molecule has 0 atom stereocenters. The Bertz CT molecular complexity index is 587. The summed E-state index contributed by atoms with van der Waals surface area (Å²) in [5.74, 6) is -0.231. The highest BCUT2D eigenvalue weighted by Crippen LogP contribution is 2.03. The van der Waals surface area contributed by atoms with Crippen molar-refractivity contribution in [3.05, 3.63) is 35.4 Å². The molecule has 7 nitrogen and oxygen atoms in total. The number of aryl methyl sites for hydroxylation is 2. The van der Waals surface area contributed by atoms with Crippen molar-refractivity contribution in [2.75, 3.05) is 13.2 Å². The molecule has 0 aliphatic rings. The first-order chi connectivity index (χ1) is 9.60. The molecule has 0 aliphatic carbocycles. The standard InChI is InChI=1S/C13H19N5O2/c1-10-8-11(2)18(15-10)9-17-6-4-12(16-17)13(20)14-5-3-7-19/h4,6,8,19H,3,5,7,9H2,1-2H3,(H,14,20). The van der Waals surface area contributed by atoms with Gasteiger partial charge in [0.25, 0.3) is 5.91 Å². The van der Waals surface area contributed by atoms with E-state index in [0.29, 0.717) is 25.3 Å². The smallest absolute Gasteiger partial charge is 0.271 e. The number of aromatic nitrogens is 4. The molecular weight excluding hydrogens is 258 g/mol. The number of hydrogen-bond donors (Lipinski definition) is 2. The molecule has 2 aromatic rings. The molecule has 2 heterocycles. The van der Waals surface area contributed by atoms with Crippen LogP contribution in [0, 0.1) is 13.8 Å². The van der Waals surface area contributed by atoms with Crippen LogP contribution < -0.4 is 5.32 Å². The van der Waals surface area contributed by atoms with E-state index in [-0.39, 0.29) is 12.5 Å². The van der Waals surface area contributed by atoms with Gasteiger partial charge in [-0.25, -0.2) is 4.68 Å². The Morgan fingerprint density at radius 1 is 1.40 bits per heavy atom. The summed E-state index contributed by atoms with van der Waals surface area (Å²) < 4.78 is 3.50. The molecule has 108 valence electrons. The van der Waals surface area contributed by atoms with Crippen molar-refractivity contribution in [2.24, 2.45) is 0 Å². The van der Waals surface area contributed by atoms with Crippen LogP contribution in [0.2, 0.25) is 0 Å². The van der Waals surface area contributed by atoms with Crippen molar-refractivity contribution in [1.29, 1.82) is 0 Å². The molecular formula is C13H19N5O2. The average Bonchev–Trinajstić information content (AvgIpc) is 2.98. The molecule has 7 heteroatoms. The number of aliphatic hydroxyl groups is 1. The van der Waals surface area contributed by atoms with Crippen LogP contribution in [0.15, 0.2) is 18.3 Å². The third-order valence-corrected chi connectivity index (χ3v) is 2.88. The van der Waals surface area contributed by atoms with Crippen LogP contribution in [-0.2, 0) is 6.67 Å². The highest BCUT2D eigenvalue weighted by molar-refractivity contribution is 5.92. The Kier molecular flexibility index (Phi) is 4.52. The minimum absolute atomic E-state index is 0.0622. The summed E-state index contributed by atoms with van der Waals surface area (Å²) in [7, 11) is 0. The SMILES string of the molecule is Cc1cc(C)n(Cn2ccc(C(=O)NCCCO)n2)n1. The third-order valence-electron chi connectivity index (χ3n) is 2.88. The van der Waals surface area contributed by atoms with Gasteiger partial charge in [-0.15, -0.1) is 0 Å². The van der Waals surface area contributed by atoms with E-state index in [9.17, 15) is 4.79 Å². The van der Waals surface area contributed by atoms with E-state index in [1.807, 2.05) is 24.6 Å². The second kappa shape index (κ2) is 6.33. The first-order valence-electron chi connectivity index (χ1n) is 6.53. The Morgan fingerprint density at radius 3 is 2.85 bits per heavy atom. The lowest BCUT2D eigenvalue weighted by molar-refractivity contribution is 0.0945. The molecule has 0 aliphatic heterocycles. The summed E-state index contributed by atoms with van der Waals surface area (Å²) in [5.41, 5.74) is 2.37. The third kappa shape index (κ3) is 3.45. The zero-order valence-corrected chi connectivity index (χ0v) is 11.7. The maximum absolute atomic E-state index is 11.8. The van der Waals surface area contributed by atoms with E-state index in [2.05, 4.69) is 15.5 Å². The van der Waals surface area contributed by atoms with Gasteiger partial charge in [0, 0.05) is 25.0 Å². The van der Waals surface area contributed by atoms with Gasteiger partial charge < -0.3 is 10.4 Å². The molecule has 0 spiro atoms. The van der Waals surface area contributed by atoms with E-state index in [0.717, 1.165) is 11.4 Å². The van der Waals surface area contributed by atoms with Crippen molar-refractivity contribution >= 4 is 5.91 Å². The first kappa shape index (κ1) is 14.3. The van der Waals surface area contributed by atoms with E-state index in [4.69, 9.17) is 5.11 Å². The molecule has 2 N–H and O–H groups in total. The number of nitrogens with zero attached hydrogens (tertiary/aromatic N) is 4. The van der Waals surface area contributed by atoms with E-state index < -0.39 is 0 Å². The van der Waals surface area contributed by atoms with Crippen molar-refractivity contribution in [2.45, 2.75) is 26.9 Å². The monoisotopic (exact) mass is 277 g/mol. The van der Waals surface area contributed by atoms with Crippen LogP contribution in [0.1, 0.15) is 28.3 Å². The lowest BCUT2D eigenvalue weighted by atomic mass is 10.4. The van der Waals surface area contributed by atoms with Crippen molar-refractivity contribution in [1.82, 2.24) is 24.9 Å². The molecule has 0 fully saturated rings. The van der Waals surface area contributed by atoms with Gasteiger partial charge in [-0.1, -0.05) is 0 Å². The van der Waals surface area contributed by atoms with Crippen LogP contribution in [0.25, 0.3) is 0 Å². The predicted molar refractivity (Wildman–Crippen MR) is 73.4 cm³/mol. The summed E-state index contributed by atoms with van der Waals surface area (Å²) in [6, 6.07) is 3.66. The molecule has 2 aromatic heterocycles. The van der Waals surface area contributed by atoms with Crippen LogP contribution in [0.5, 0.6) is 0 Å². The fourth-order valence-electron chi connectivity index (χ4n) is 1.89. The highest BCUT2D eigenvalue weighted by Gasteiger charge is 2.09. The first-order valence-corrected chi connectivity index (χ1v) is 6.53. The number of carbonyl (C=O) groups excluding carboxylic acids is 1. The second-order valence-electron chi connectivity index (χ2n) is 4.64. The normalized spacial score (nSPS) is 10.8. The van der Waals surface area contributed by atoms with Gasteiger partial charge in [0.1, 0.15) is 12.4 Å². The summed E-state index contributed by atoms with van der Waals surface area (Å²) in [6.07, 6.45) is 2.29. The lowest BCUT2D eigenvalue weighted by Crippen LogP contribution is -2.25. The van der Waals surface area contributed by atoms with E-state index >= 15 is 0 Å². The molecule has 0 aromatic carbocycles. The largest absolute Gasteiger partial charge is 0.396 e. The van der Waals surface area contributed by atoms with Gasteiger partial charge in [-0.3, -0.25) is 9.48 Å². The summed E-state index contributed by atoms with van der Waals surface area (Å²) >= 11 is 0. The fourth-order valence-corrected chi connectivity index (χ4v) is 1.89. The molecule has 2 rings (SSSR count). The quantitative estimate of drug-likeness (QED) is 0.744. The van der Waals surface area contributed by atoms with Gasteiger partial charge in [0.2, 0.25) is 0 Å². The average molecular weight is 277 g/mol. The Balaban J connectivity index is 1.98. The maximum Gasteiger partial charge on any atom is 0.271 e. The maximum atomic E-state index is 11.8. The lowest BCUT2D eigenvalue weighted by Gasteiger charge is -2.04. The number of rotatable bonds is 6. The van der Waals surface area contributed by atoms with Crippen LogP contribution in [0.4, 0.5) is 0 Å². The molecule has 0 unspecified atom stereocenters. The van der Waals surface area contributed by atoms with E-state index in [1.54, 1.807) is 16.9 Å². The minimum atomic E-state index is -0.231. The minimum Gasteiger partial charge on any atom is -0.396 e. The number of nitrogens with one attached hydrogen (secondary N) is 1. The van der Waals surface area contributed by atoms with Gasteiger partial charge in [0.05, 0.1) is 5.69 Å². The molecule has 0 saturated carbocycles. The molecule has 20 heavy (non-hydrogen) atoms. The van der Waals surface area contributed by atoms with Gasteiger partial charge >= 0.3 is 0 Å². The summed E-state index contributed by atoms with van der Waals surface area (Å²) in [4.78, 5) is 11.8. The van der Waals surface area contributed by atoms with Crippen LogP contribution in [-0.4, -0.2) is 43.7 Å². The van der Waals surface area contributed by atoms with E-state index in [1.165, 1.54) is 0 Å². The predicted octanol–water partition coefficient (Wildman–Crippen LogP) is 0.314. The molecule has 0 radical (unpaired) electrons. The van der Waals surface area contributed by atoms with Gasteiger partial charge in [0.15, 0.2) is 0 Å². The zero-order valence-electron chi connectivity index (χ0n) is 11.7. The number of hydrogen-bond acceptors (Lipinski definition) is 4. The Hall–Kier alpha value is -2.15. The van der Waals surface area contributed by atoms with Gasteiger partial charge in [-0.05, 0) is 32.4 Å².